The monoisotopic (exact) mass is 233 g/mol. The number of rotatable bonds is 5. The third-order valence-electron chi connectivity index (χ3n) is 3.72. The van der Waals surface area contributed by atoms with Crippen molar-refractivity contribution < 1.29 is 4.74 Å². The Morgan fingerprint density at radius 3 is 2.47 bits per heavy atom. The van der Waals surface area contributed by atoms with Crippen LogP contribution in [0.15, 0.2) is 30.3 Å². The standard InChI is InChI=1S/C15H23NO/c16-15(10-12-17-13-11-15)9-5-4-8-14-6-2-1-3-7-14/h1-3,6-7H,4-5,8-13,16H2. The maximum Gasteiger partial charge on any atom is 0.0483 e. The molecule has 1 aliphatic heterocycles. The molecule has 0 spiro atoms. The van der Waals surface area contributed by atoms with Crippen LogP contribution < -0.4 is 5.73 Å². The predicted octanol–water partition coefficient (Wildman–Crippen LogP) is 2.91. The minimum atomic E-state index is 0.0505. The second-order valence-corrected chi connectivity index (χ2v) is 5.17. The van der Waals surface area contributed by atoms with Gasteiger partial charge in [-0.15, -0.1) is 0 Å². The van der Waals surface area contributed by atoms with E-state index >= 15 is 0 Å². The number of unbranched alkanes of at least 4 members (excludes halogenated alkanes) is 1. The zero-order valence-electron chi connectivity index (χ0n) is 10.5. The molecule has 1 saturated heterocycles. The molecule has 0 saturated carbocycles. The van der Waals surface area contributed by atoms with Gasteiger partial charge in [-0.1, -0.05) is 36.8 Å². The van der Waals surface area contributed by atoms with Crippen LogP contribution in [0.5, 0.6) is 0 Å². The van der Waals surface area contributed by atoms with Gasteiger partial charge >= 0.3 is 0 Å². The fourth-order valence-electron chi connectivity index (χ4n) is 2.48. The lowest BCUT2D eigenvalue weighted by molar-refractivity contribution is 0.0493. The topological polar surface area (TPSA) is 35.2 Å². The minimum Gasteiger partial charge on any atom is -0.381 e. The fourth-order valence-corrected chi connectivity index (χ4v) is 2.48. The SMILES string of the molecule is NC1(CCCCc2ccccc2)CCOCC1. The van der Waals surface area contributed by atoms with E-state index in [0.29, 0.717) is 0 Å². The van der Waals surface area contributed by atoms with Crippen LogP contribution in [0, 0.1) is 0 Å². The number of ether oxygens (including phenoxy) is 1. The van der Waals surface area contributed by atoms with Crippen LogP contribution in [-0.4, -0.2) is 18.8 Å². The lowest BCUT2D eigenvalue weighted by atomic mass is 9.85. The van der Waals surface area contributed by atoms with Gasteiger partial charge in [-0.3, -0.25) is 0 Å². The molecule has 0 aromatic heterocycles. The molecular formula is C15H23NO. The molecule has 0 unspecified atom stereocenters. The Hall–Kier alpha value is -0.860. The first-order valence-corrected chi connectivity index (χ1v) is 6.69. The smallest absolute Gasteiger partial charge is 0.0483 e. The lowest BCUT2D eigenvalue weighted by Gasteiger charge is -2.33. The van der Waals surface area contributed by atoms with Crippen LogP contribution in [0.25, 0.3) is 0 Å². The lowest BCUT2D eigenvalue weighted by Crippen LogP contribution is -2.44. The molecule has 2 nitrogen and oxygen atoms in total. The highest BCUT2D eigenvalue weighted by molar-refractivity contribution is 5.14. The van der Waals surface area contributed by atoms with Gasteiger partial charge in [0.1, 0.15) is 0 Å². The molecule has 2 rings (SSSR count). The average molecular weight is 233 g/mol. The van der Waals surface area contributed by atoms with Gasteiger partial charge in [0.2, 0.25) is 0 Å². The highest BCUT2D eigenvalue weighted by Gasteiger charge is 2.26. The summed E-state index contributed by atoms with van der Waals surface area (Å²) < 4.78 is 5.36. The predicted molar refractivity (Wildman–Crippen MR) is 71.0 cm³/mol. The highest BCUT2D eigenvalue weighted by Crippen LogP contribution is 2.24. The molecule has 0 amide bonds. The van der Waals surface area contributed by atoms with Crippen molar-refractivity contribution in [2.75, 3.05) is 13.2 Å². The largest absolute Gasteiger partial charge is 0.381 e. The maximum atomic E-state index is 6.36. The summed E-state index contributed by atoms with van der Waals surface area (Å²) in [5, 5.41) is 0. The van der Waals surface area contributed by atoms with Gasteiger partial charge in [0, 0.05) is 18.8 Å². The summed E-state index contributed by atoms with van der Waals surface area (Å²) in [5.74, 6) is 0. The van der Waals surface area contributed by atoms with E-state index < -0.39 is 0 Å². The summed E-state index contributed by atoms with van der Waals surface area (Å²) in [5.41, 5.74) is 7.84. The van der Waals surface area contributed by atoms with Crippen LogP contribution in [0.4, 0.5) is 0 Å². The van der Waals surface area contributed by atoms with Crippen LogP contribution in [0.1, 0.15) is 37.7 Å². The van der Waals surface area contributed by atoms with E-state index in [-0.39, 0.29) is 5.54 Å². The number of aryl methyl sites for hydroxylation is 1. The summed E-state index contributed by atoms with van der Waals surface area (Å²) in [6.07, 6.45) is 6.84. The van der Waals surface area contributed by atoms with Gasteiger partial charge in [0.25, 0.3) is 0 Å². The van der Waals surface area contributed by atoms with E-state index in [1.54, 1.807) is 0 Å². The first-order chi connectivity index (χ1) is 8.29. The number of benzene rings is 1. The van der Waals surface area contributed by atoms with Crippen LogP contribution in [-0.2, 0) is 11.2 Å². The average Bonchev–Trinajstić information content (AvgIpc) is 2.37. The summed E-state index contributed by atoms with van der Waals surface area (Å²) >= 11 is 0. The number of nitrogens with two attached hydrogens (primary N) is 1. The molecule has 1 fully saturated rings. The van der Waals surface area contributed by atoms with E-state index in [9.17, 15) is 0 Å². The Labute approximate surface area is 104 Å². The van der Waals surface area contributed by atoms with Crippen LogP contribution >= 0.6 is 0 Å². The van der Waals surface area contributed by atoms with Crippen molar-refractivity contribution in [1.82, 2.24) is 0 Å². The third-order valence-corrected chi connectivity index (χ3v) is 3.72. The van der Waals surface area contributed by atoms with Crippen molar-refractivity contribution in [1.29, 1.82) is 0 Å². The van der Waals surface area contributed by atoms with Crippen molar-refractivity contribution in [3.05, 3.63) is 35.9 Å². The van der Waals surface area contributed by atoms with Gasteiger partial charge in [-0.2, -0.15) is 0 Å². The van der Waals surface area contributed by atoms with Gasteiger partial charge in [-0.05, 0) is 37.7 Å². The third kappa shape index (κ3) is 4.14. The van der Waals surface area contributed by atoms with E-state index in [1.807, 2.05) is 0 Å². The first kappa shape index (κ1) is 12.6. The van der Waals surface area contributed by atoms with Crippen molar-refractivity contribution in [3.63, 3.8) is 0 Å². The summed E-state index contributed by atoms with van der Waals surface area (Å²) in [4.78, 5) is 0. The van der Waals surface area contributed by atoms with Crippen LogP contribution in [0.3, 0.4) is 0 Å². The zero-order valence-corrected chi connectivity index (χ0v) is 10.5. The molecule has 0 radical (unpaired) electrons. The summed E-state index contributed by atoms with van der Waals surface area (Å²) in [6.45, 7) is 1.68. The Balaban J connectivity index is 1.66. The van der Waals surface area contributed by atoms with Crippen molar-refractivity contribution >= 4 is 0 Å². The fraction of sp³-hybridized carbons (Fsp3) is 0.600. The number of hydrogen-bond donors (Lipinski definition) is 1. The van der Waals surface area contributed by atoms with Gasteiger partial charge in [-0.25, -0.2) is 0 Å². The maximum absolute atomic E-state index is 6.36. The first-order valence-electron chi connectivity index (χ1n) is 6.69. The molecule has 2 heteroatoms. The molecule has 1 aromatic carbocycles. The molecule has 1 heterocycles. The molecule has 1 aromatic rings. The second kappa shape index (κ2) is 6.18. The van der Waals surface area contributed by atoms with Crippen LogP contribution in [0.2, 0.25) is 0 Å². The van der Waals surface area contributed by atoms with E-state index in [1.165, 1.54) is 24.8 Å². The Morgan fingerprint density at radius 2 is 1.76 bits per heavy atom. The van der Waals surface area contributed by atoms with Gasteiger partial charge in [0.05, 0.1) is 0 Å². The van der Waals surface area contributed by atoms with E-state index in [2.05, 4.69) is 30.3 Å². The van der Waals surface area contributed by atoms with Crippen molar-refractivity contribution in [3.8, 4) is 0 Å². The summed E-state index contributed by atoms with van der Waals surface area (Å²) in [6, 6.07) is 10.7. The molecule has 17 heavy (non-hydrogen) atoms. The Kier molecular flexibility index (Phi) is 4.57. The Bertz CT molecular complexity index is 317. The quantitative estimate of drug-likeness (QED) is 0.794. The Morgan fingerprint density at radius 1 is 1.06 bits per heavy atom. The highest BCUT2D eigenvalue weighted by atomic mass is 16.5. The van der Waals surface area contributed by atoms with Crippen molar-refractivity contribution in [2.45, 2.75) is 44.1 Å². The summed E-state index contributed by atoms with van der Waals surface area (Å²) in [7, 11) is 0. The molecule has 94 valence electrons. The zero-order chi connectivity index (χ0) is 12.0. The molecule has 1 aliphatic rings. The van der Waals surface area contributed by atoms with Crippen molar-refractivity contribution in [2.24, 2.45) is 5.73 Å². The second-order valence-electron chi connectivity index (χ2n) is 5.17. The number of hydrogen-bond acceptors (Lipinski definition) is 2. The normalized spacial score (nSPS) is 19.1. The minimum absolute atomic E-state index is 0.0505. The van der Waals surface area contributed by atoms with Gasteiger partial charge in [0.15, 0.2) is 0 Å². The van der Waals surface area contributed by atoms with E-state index in [0.717, 1.165) is 32.5 Å². The van der Waals surface area contributed by atoms with E-state index in [4.69, 9.17) is 10.5 Å². The van der Waals surface area contributed by atoms with Gasteiger partial charge < -0.3 is 10.5 Å². The molecule has 0 bridgehead atoms. The molecule has 0 atom stereocenters. The molecule has 2 N–H and O–H groups in total. The molecular weight excluding hydrogens is 210 g/mol. The molecule has 0 aliphatic carbocycles.